The van der Waals surface area contributed by atoms with Gasteiger partial charge in [0.2, 0.25) is 0 Å². The Morgan fingerprint density at radius 1 is 0.442 bits per heavy atom. The SMILES string of the molecule is [C-]#[N+]c1cccc(N(c2ccc(-c3c4ccccc4c(-c4cccc5ccccc45)c4ccccc34)cc2)c2cccc3c2sc2ccccc23)c1. The molecule has 0 aliphatic carbocycles. The van der Waals surface area contributed by atoms with Crippen LogP contribution in [0, 0.1) is 6.57 Å². The Labute approximate surface area is 305 Å². The summed E-state index contributed by atoms with van der Waals surface area (Å²) >= 11 is 1.82. The standard InChI is InChI=1S/C49H30N2S/c1-50-34-15-11-16-36(31-34)51(45-25-12-24-44-38-18-8-9-26-46(38)52-49(44)45)35-29-27-33(28-30-35)47-40-19-4-6-21-42(40)48(43-22-7-5-20-41(43)47)39-23-10-14-32-13-2-3-17-37(32)39/h2-31H. The summed E-state index contributed by atoms with van der Waals surface area (Å²) in [6.45, 7) is 7.77. The summed E-state index contributed by atoms with van der Waals surface area (Å²) in [6.07, 6.45) is 0. The summed E-state index contributed by atoms with van der Waals surface area (Å²) in [7, 11) is 0. The van der Waals surface area contributed by atoms with Gasteiger partial charge in [-0.1, -0.05) is 146 Å². The number of nitrogens with zero attached hydrogens (tertiary/aromatic N) is 2. The lowest BCUT2D eigenvalue weighted by molar-refractivity contribution is 1.30. The molecule has 0 saturated carbocycles. The van der Waals surface area contributed by atoms with Crippen LogP contribution in [0.5, 0.6) is 0 Å². The Kier molecular flexibility index (Phi) is 7.09. The maximum atomic E-state index is 7.77. The minimum Gasteiger partial charge on any atom is -0.310 e. The van der Waals surface area contributed by atoms with Crippen LogP contribution in [0.2, 0.25) is 0 Å². The molecule has 0 spiro atoms. The molecule has 10 aromatic rings. The predicted molar refractivity (Wildman–Crippen MR) is 224 cm³/mol. The number of rotatable bonds is 5. The highest BCUT2D eigenvalue weighted by atomic mass is 32.1. The zero-order valence-corrected chi connectivity index (χ0v) is 28.9. The second kappa shape index (κ2) is 12.2. The van der Waals surface area contributed by atoms with E-state index >= 15 is 0 Å². The molecule has 0 amide bonds. The Hall–Kier alpha value is -6.73. The first-order valence-corrected chi connectivity index (χ1v) is 18.3. The van der Waals surface area contributed by atoms with Crippen LogP contribution in [0.1, 0.15) is 0 Å². The normalized spacial score (nSPS) is 11.4. The minimum absolute atomic E-state index is 0.617. The summed E-state index contributed by atoms with van der Waals surface area (Å²) < 4.78 is 2.49. The molecule has 1 aromatic heterocycles. The molecule has 0 fully saturated rings. The first kappa shape index (κ1) is 30.1. The molecule has 0 atom stereocenters. The number of hydrogen-bond acceptors (Lipinski definition) is 2. The van der Waals surface area contributed by atoms with Crippen molar-refractivity contribution < 1.29 is 0 Å². The Bertz CT molecular complexity index is 2980. The van der Waals surface area contributed by atoms with E-state index in [0.29, 0.717) is 5.69 Å². The van der Waals surface area contributed by atoms with Crippen LogP contribution in [0.3, 0.4) is 0 Å². The lowest BCUT2D eigenvalue weighted by Gasteiger charge is -2.27. The van der Waals surface area contributed by atoms with E-state index in [4.69, 9.17) is 6.57 Å². The van der Waals surface area contributed by atoms with E-state index in [2.05, 4.69) is 174 Å². The number of fused-ring (bicyclic) bond motifs is 6. The lowest BCUT2D eigenvalue weighted by atomic mass is 9.85. The molecule has 0 aliphatic heterocycles. The molecule has 10 rings (SSSR count). The van der Waals surface area contributed by atoms with Crippen molar-refractivity contribution in [3.05, 3.63) is 193 Å². The zero-order chi connectivity index (χ0) is 34.6. The molecule has 2 nitrogen and oxygen atoms in total. The highest BCUT2D eigenvalue weighted by molar-refractivity contribution is 7.26. The zero-order valence-electron chi connectivity index (χ0n) is 28.1. The van der Waals surface area contributed by atoms with E-state index in [1.54, 1.807) is 0 Å². The van der Waals surface area contributed by atoms with Gasteiger partial charge >= 0.3 is 0 Å². The quantitative estimate of drug-likeness (QED) is 0.130. The molecule has 52 heavy (non-hydrogen) atoms. The van der Waals surface area contributed by atoms with Crippen LogP contribution >= 0.6 is 11.3 Å². The van der Waals surface area contributed by atoms with Crippen LogP contribution in [-0.2, 0) is 0 Å². The van der Waals surface area contributed by atoms with E-state index in [1.807, 2.05) is 29.5 Å². The van der Waals surface area contributed by atoms with E-state index in [0.717, 1.165) is 22.6 Å². The lowest BCUT2D eigenvalue weighted by Crippen LogP contribution is -2.09. The monoisotopic (exact) mass is 678 g/mol. The van der Waals surface area contributed by atoms with Crippen LogP contribution in [-0.4, -0.2) is 0 Å². The highest BCUT2D eigenvalue weighted by Gasteiger charge is 2.21. The van der Waals surface area contributed by atoms with E-state index in [1.165, 1.54) is 69.2 Å². The first-order chi connectivity index (χ1) is 25.8. The maximum absolute atomic E-state index is 7.77. The van der Waals surface area contributed by atoms with Crippen molar-refractivity contribution in [2.24, 2.45) is 0 Å². The minimum atomic E-state index is 0.617. The molecule has 0 radical (unpaired) electrons. The highest BCUT2D eigenvalue weighted by Crippen LogP contribution is 2.48. The average molecular weight is 679 g/mol. The fourth-order valence-corrected chi connectivity index (χ4v) is 9.19. The van der Waals surface area contributed by atoms with Crippen molar-refractivity contribution in [3.8, 4) is 22.3 Å². The third-order valence-corrected chi connectivity index (χ3v) is 11.5. The third-order valence-electron chi connectivity index (χ3n) is 10.2. The summed E-state index contributed by atoms with van der Waals surface area (Å²) in [5.74, 6) is 0. The smallest absolute Gasteiger partial charge is 0.189 e. The van der Waals surface area contributed by atoms with Gasteiger partial charge in [-0.2, -0.15) is 0 Å². The first-order valence-electron chi connectivity index (χ1n) is 17.5. The van der Waals surface area contributed by atoms with Gasteiger partial charge in [0, 0.05) is 26.8 Å². The van der Waals surface area contributed by atoms with Gasteiger partial charge < -0.3 is 4.90 Å². The molecular weight excluding hydrogens is 649 g/mol. The summed E-state index contributed by atoms with van der Waals surface area (Å²) in [4.78, 5) is 6.08. The molecule has 0 N–H and O–H groups in total. The molecule has 0 saturated heterocycles. The predicted octanol–water partition coefficient (Wildman–Crippen LogP) is 14.9. The van der Waals surface area contributed by atoms with Crippen LogP contribution in [0.25, 0.3) is 79.6 Å². The summed E-state index contributed by atoms with van der Waals surface area (Å²) in [5, 5.41) is 9.95. The van der Waals surface area contributed by atoms with Crippen molar-refractivity contribution in [3.63, 3.8) is 0 Å². The van der Waals surface area contributed by atoms with E-state index in [-0.39, 0.29) is 0 Å². The molecule has 1 heterocycles. The Morgan fingerprint density at radius 2 is 1.02 bits per heavy atom. The van der Waals surface area contributed by atoms with Crippen molar-refractivity contribution in [1.29, 1.82) is 0 Å². The second-order valence-corrected chi connectivity index (χ2v) is 14.2. The molecular formula is C49H30N2S. The number of hydrogen-bond donors (Lipinski definition) is 0. The van der Waals surface area contributed by atoms with Gasteiger partial charge in [0.25, 0.3) is 0 Å². The number of anilines is 3. The maximum Gasteiger partial charge on any atom is 0.189 e. The largest absolute Gasteiger partial charge is 0.310 e. The van der Waals surface area contributed by atoms with Gasteiger partial charge in [-0.3, -0.25) is 0 Å². The van der Waals surface area contributed by atoms with Gasteiger partial charge in [-0.05, 0) is 91.0 Å². The molecule has 242 valence electrons. The fourth-order valence-electron chi connectivity index (χ4n) is 7.99. The third kappa shape index (κ3) is 4.77. The van der Waals surface area contributed by atoms with Crippen molar-refractivity contribution in [2.45, 2.75) is 0 Å². The fraction of sp³-hybridized carbons (Fsp3) is 0. The van der Waals surface area contributed by atoms with Crippen molar-refractivity contribution in [2.75, 3.05) is 4.90 Å². The molecule has 0 unspecified atom stereocenters. The number of thiophene rings is 1. The van der Waals surface area contributed by atoms with Gasteiger partial charge in [0.15, 0.2) is 5.69 Å². The van der Waals surface area contributed by atoms with E-state index < -0.39 is 0 Å². The molecule has 0 aliphatic rings. The Morgan fingerprint density at radius 3 is 1.75 bits per heavy atom. The molecule has 0 bridgehead atoms. The summed E-state index contributed by atoms with van der Waals surface area (Å²) in [6, 6.07) is 65.1. The van der Waals surface area contributed by atoms with Crippen LogP contribution < -0.4 is 4.90 Å². The molecule has 9 aromatic carbocycles. The summed E-state index contributed by atoms with van der Waals surface area (Å²) in [5.41, 5.74) is 8.63. The topological polar surface area (TPSA) is 7.60 Å². The second-order valence-electron chi connectivity index (χ2n) is 13.1. The van der Waals surface area contributed by atoms with Crippen LogP contribution in [0.15, 0.2) is 182 Å². The van der Waals surface area contributed by atoms with Crippen molar-refractivity contribution in [1.82, 2.24) is 0 Å². The van der Waals surface area contributed by atoms with Gasteiger partial charge in [-0.15, -0.1) is 11.3 Å². The average Bonchev–Trinajstić information content (AvgIpc) is 3.60. The Balaban J connectivity index is 1.19. The van der Waals surface area contributed by atoms with Gasteiger partial charge in [0.1, 0.15) is 0 Å². The van der Waals surface area contributed by atoms with Crippen LogP contribution in [0.4, 0.5) is 22.7 Å². The van der Waals surface area contributed by atoms with Crippen molar-refractivity contribution >= 4 is 86.6 Å². The van der Waals surface area contributed by atoms with E-state index in [9.17, 15) is 0 Å². The molecule has 3 heteroatoms. The van der Waals surface area contributed by atoms with Gasteiger partial charge in [0.05, 0.1) is 17.0 Å². The van der Waals surface area contributed by atoms with Gasteiger partial charge in [-0.25, -0.2) is 4.85 Å². The number of benzene rings is 9.